The molecule has 2 N–H and O–H groups in total. The molecule has 5 heteroatoms. The van der Waals surface area contributed by atoms with Crippen LogP contribution in [0.1, 0.15) is 30.9 Å². The van der Waals surface area contributed by atoms with Gasteiger partial charge in [-0.2, -0.15) is 0 Å². The van der Waals surface area contributed by atoms with Gasteiger partial charge in [-0.15, -0.1) is 0 Å². The molecule has 1 heterocycles. The van der Waals surface area contributed by atoms with Gasteiger partial charge in [0.05, 0.1) is 10.0 Å². The smallest absolute Gasteiger partial charge is 0.167 e. The molecule has 0 spiro atoms. The minimum absolute atomic E-state index is 0.0339. The highest BCUT2D eigenvalue weighted by atomic mass is 79.9. The van der Waals surface area contributed by atoms with Crippen LogP contribution in [0.25, 0.3) is 0 Å². The van der Waals surface area contributed by atoms with Crippen LogP contribution in [0.3, 0.4) is 0 Å². The topological polar surface area (TPSA) is 32.3 Å². The van der Waals surface area contributed by atoms with E-state index in [4.69, 9.17) is 0 Å². The maximum atomic E-state index is 13.6. The molecule has 16 heavy (non-hydrogen) atoms. The Kier molecular flexibility index (Phi) is 3.44. The van der Waals surface area contributed by atoms with E-state index in [2.05, 4.69) is 21.2 Å². The van der Waals surface area contributed by atoms with Gasteiger partial charge in [0.2, 0.25) is 0 Å². The highest BCUT2D eigenvalue weighted by molar-refractivity contribution is 9.10. The van der Waals surface area contributed by atoms with Gasteiger partial charge >= 0.3 is 0 Å². The van der Waals surface area contributed by atoms with E-state index < -0.39 is 11.6 Å². The molecule has 1 aliphatic heterocycles. The SMILES string of the molecule is Oc1c(Br)cc(F)c(F)c1[C@@H]1CCCCN1. The fourth-order valence-corrected chi connectivity index (χ4v) is 2.44. The highest BCUT2D eigenvalue weighted by Crippen LogP contribution is 2.38. The normalized spacial score (nSPS) is 21.1. The Morgan fingerprint density at radius 3 is 2.75 bits per heavy atom. The lowest BCUT2D eigenvalue weighted by molar-refractivity contribution is 0.366. The van der Waals surface area contributed by atoms with Crippen molar-refractivity contribution >= 4 is 15.9 Å². The Bertz CT molecular complexity index is 379. The van der Waals surface area contributed by atoms with E-state index in [-0.39, 0.29) is 21.8 Å². The number of aromatic hydroxyl groups is 1. The van der Waals surface area contributed by atoms with Crippen molar-refractivity contribution in [1.82, 2.24) is 5.32 Å². The zero-order valence-electron chi connectivity index (χ0n) is 8.56. The van der Waals surface area contributed by atoms with Gasteiger partial charge in [-0.25, -0.2) is 8.78 Å². The molecule has 0 saturated carbocycles. The number of hydrogen-bond acceptors (Lipinski definition) is 2. The molecule has 88 valence electrons. The standard InChI is InChI=1S/C11H12BrF2NO/c12-6-5-7(13)10(14)9(11(6)16)8-3-1-2-4-15-8/h5,8,15-16H,1-4H2/t8-/m0/s1. The van der Waals surface area contributed by atoms with Gasteiger partial charge in [-0.1, -0.05) is 6.42 Å². The zero-order chi connectivity index (χ0) is 11.7. The number of hydrogen-bond donors (Lipinski definition) is 2. The molecular weight excluding hydrogens is 280 g/mol. The fourth-order valence-electron chi connectivity index (χ4n) is 2.02. The molecule has 0 bridgehead atoms. The highest BCUT2D eigenvalue weighted by Gasteiger charge is 2.25. The van der Waals surface area contributed by atoms with Crippen LogP contribution in [-0.2, 0) is 0 Å². The van der Waals surface area contributed by atoms with Gasteiger partial charge in [-0.05, 0) is 41.4 Å². The van der Waals surface area contributed by atoms with Crippen LogP contribution in [0.5, 0.6) is 5.75 Å². The van der Waals surface area contributed by atoms with Crippen LogP contribution in [0, 0.1) is 11.6 Å². The molecule has 1 saturated heterocycles. The first kappa shape index (κ1) is 11.8. The van der Waals surface area contributed by atoms with E-state index >= 15 is 0 Å². The van der Waals surface area contributed by atoms with Crippen molar-refractivity contribution in [2.75, 3.05) is 6.54 Å². The second-order valence-electron chi connectivity index (χ2n) is 3.92. The third-order valence-electron chi connectivity index (χ3n) is 2.84. The summed E-state index contributed by atoms with van der Waals surface area (Å²) in [5.74, 6) is -2.11. The van der Waals surface area contributed by atoms with E-state index in [1.165, 1.54) is 0 Å². The van der Waals surface area contributed by atoms with Crippen LogP contribution < -0.4 is 5.32 Å². The molecule has 2 nitrogen and oxygen atoms in total. The third-order valence-corrected chi connectivity index (χ3v) is 3.44. The third kappa shape index (κ3) is 2.06. The number of rotatable bonds is 1. The molecule has 1 aliphatic rings. The van der Waals surface area contributed by atoms with Crippen LogP contribution in [-0.4, -0.2) is 11.7 Å². The van der Waals surface area contributed by atoms with Crippen molar-refractivity contribution in [2.24, 2.45) is 0 Å². The van der Waals surface area contributed by atoms with E-state index in [1.807, 2.05) is 0 Å². The Hall–Kier alpha value is -0.680. The summed E-state index contributed by atoms with van der Waals surface area (Å²) in [4.78, 5) is 0. The van der Waals surface area contributed by atoms with E-state index in [0.717, 1.165) is 25.5 Å². The molecule has 1 fully saturated rings. The number of phenols is 1. The molecule has 0 unspecified atom stereocenters. The van der Waals surface area contributed by atoms with Crippen molar-refractivity contribution in [3.8, 4) is 5.75 Å². The number of nitrogens with one attached hydrogen (secondary N) is 1. The predicted molar refractivity (Wildman–Crippen MR) is 60.3 cm³/mol. The summed E-state index contributed by atoms with van der Waals surface area (Å²) in [5, 5.41) is 12.8. The molecule has 1 aromatic rings. The molecule has 0 aromatic heterocycles. The molecule has 0 aliphatic carbocycles. The molecule has 2 rings (SSSR count). The molecule has 0 radical (unpaired) electrons. The van der Waals surface area contributed by atoms with E-state index in [1.54, 1.807) is 0 Å². The van der Waals surface area contributed by atoms with Crippen molar-refractivity contribution in [1.29, 1.82) is 0 Å². The minimum Gasteiger partial charge on any atom is -0.506 e. The summed E-state index contributed by atoms with van der Waals surface area (Å²) in [6, 6.07) is 0.637. The molecule has 1 atom stereocenters. The second kappa shape index (κ2) is 4.67. The lowest BCUT2D eigenvalue weighted by atomic mass is 9.96. The summed E-state index contributed by atoms with van der Waals surface area (Å²) in [6.07, 6.45) is 2.68. The van der Waals surface area contributed by atoms with Gasteiger partial charge in [-0.3, -0.25) is 0 Å². The molecular formula is C11H12BrF2NO. The Morgan fingerprint density at radius 2 is 2.12 bits per heavy atom. The van der Waals surface area contributed by atoms with Crippen molar-refractivity contribution < 1.29 is 13.9 Å². The first-order valence-corrected chi connectivity index (χ1v) is 6.00. The largest absolute Gasteiger partial charge is 0.506 e. The minimum atomic E-state index is -0.958. The Labute approximate surface area is 101 Å². The fraction of sp³-hybridized carbons (Fsp3) is 0.455. The number of phenolic OH excluding ortho intramolecular Hbond substituents is 1. The number of benzene rings is 1. The Balaban J connectivity index is 2.45. The summed E-state index contributed by atoms with van der Waals surface area (Å²) in [6.45, 7) is 0.762. The van der Waals surface area contributed by atoms with Crippen molar-refractivity contribution in [3.63, 3.8) is 0 Å². The number of piperidine rings is 1. The van der Waals surface area contributed by atoms with Crippen molar-refractivity contribution in [3.05, 3.63) is 27.7 Å². The van der Waals surface area contributed by atoms with Gasteiger partial charge < -0.3 is 10.4 Å². The quantitative estimate of drug-likeness (QED) is 0.779. The average molecular weight is 292 g/mol. The first-order valence-electron chi connectivity index (χ1n) is 5.21. The monoisotopic (exact) mass is 291 g/mol. The molecule has 0 amide bonds. The lowest BCUT2D eigenvalue weighted by Crippen LogP contribution is -2.27. The predicted octanol–water partition coefficient (Wildman–Crippen LogP) is 3.25. The van der Waals surface area contributed by atoms with Crippen LogP contribution >= 0.6 is 15.9 Å². The van der Waals surface area contributed by atoms with E-state index in [9.17, 15) is 13.9 Å². The van der Waals surface area contributed by atoms with Gasteiger partial charge in [0.15, 0.2) is 11.6 Å². The summed E-state index contributed by atoms with van der Waals surface area (Å²) in [7, 11) is 0. The first-order chi connectivity index (χ1) is 7.61. The maximum absolute atomic E-state index is 13.6. The maximum Gasteiger partial charge on any atom is 0.167 e. The summed E-state index contributed by atoms with van der Waals surface area (Å²) < 4.78 is 27.1. The summed E-state index contributed by atoms with van der Waals surface area (Å²) in [5.41, 5.74) is 0.0339. The van der Waals surface area contributed by atoms with Crippen molar-refractivity contribution in [2.45, 2.75) is 25.3 Å². The second-order valence-corrected chi connectivity index (χ2v) is 4.77. The zero-order valence-corrected chi connectivity index (χ0v) is 10.2. The van der Waals surface area contributed by atoms with Crippen LogP contribution in [0.15, 0.2) is 10.5 Å². The van der Waals surface area contributed by atoms with Gasteiger partial charge in [0.1, 0.15) is 5.75 Å². The lowest BCUT2D eigenvalue weighted by Gasteiger charge is -2.25. The molecule has 1 aromatic carbocycles. The van der Waals surface area contributed by atoms with Gasteiger partial charge in [0, 0.05) is 6.04 Å². The van der Waals surface area contributed by atoms with E-state index in [0.29, 0.717) is 6.42 Å². The summed E-state index contributed by atoms with van der Waals surface area (Å²) >= 11 is 3.01. The van der Waals surface area contributed by atoms with Crippen LogP contribution in [0.4, 0.5) is 8.78 Å². The number of halogens is 3. The van der Waals surface area contributed by atoms with Crippen LogP contribution in [0.2, 0.25) is 0 Å². The Morgan fingerprint density at radius 1 is 1.38 bits per heavy atom. The average Bonchev–Trinajstić information content (AvgIpc) is 2.28. The van der Waals surface area contributed by atoms with Gasteiger partial charge in [0.25, 0.3) is 0 Å².